The van der Waals surface area contributed by atoms with Gasteiger partial charge in [0.1, 0.15) is 17.7 Å². The second-order valence-electron chi connectivity index (χ2n) is 5.70. The van der Waals surface area contributed by atoms with Crippen LogP contribution in [0, 0.1) is 12.7 Å². The Morgan fingerprint density at radius 1 is 1.29 bits per heavy atom. The molecule has 0 saturated heterocycles. The number of aryl methyl sites for hydroxylation is 1. The van der Waals surface area contributed by atoms with E-state index in [4.69, 9.17) is 16.3 Å². The SMILES string of the molecule is Cc1cccc(C(CCl)CC2Cc3cc(F)ccc3O2)c1. The van der Waals surface area contributed by atoms with Crippen molar-refractivity contribution in [2.24, 2.45) is 0 Å². The summed E-state index contributed by atoms with van der Waals surface area (Å²) in [5.74, 6) is 1.42. The van der Waals surface area contributed by atoms with Crippen molar-refractivity contribution in [1.29, 1.82) is 0 Å². The van der Waals surface area contributed by atoms with E-state index in [1.165, 1.54) is 17.2 Å². The van der Waals surface area contributed by atoms with Crippen molar-refractivity contribution in [3.63, 3.8) is 0 Å². The van der Waals surface area contributed by atoms with Gasteiger partial charge >= 0.3 is 0 Å². The molecule has 2 unspecified atom stereocenters. The highest BCUT2D eigenvalue weighted by atomic mass is 35.5. The second-order valence-corrected chi connectivity index (χ2v) is 6.01. The van der Waals surface area contributed by atoms with Gasteiger partial charge < -0.3 is 4.74 Å². The molecule has 0 saturated carbocycles. The third kappa shape index (κ3) is 3.21. The lowest BCUT2D eigenvalue weighted by Crippen LogP contribution is -2.18. The molecule has 110 valence electrons. The minimum Gasteiger partial charge on any atom is -0.490 e. The van der Waals surface area contributed by atoms with Crippen LogP contribution >= 0.6 is 11.6 Å². The molecule has 1 aliphatic heterocycles. The Morgan fingerprint density at radius 2 is 2.14 bits per heavy atom. The van der Waals surface area contributed by atoms with Gasteiger partial charge in [0.25, 0.3) is 0 Å². The Kier molecular flexibility index (Phi) is 4.16. The Morgan fingerprint density at radius 3 is 2.90 bits per heavy atom. The van der Waals surface area contributed by atoms with Crippen LogP contribution in [0.3, 0.4) is 0 Å². The van der Waals surface area contributed by atoms with Gasteiger partial charge in [0.05, 0.1) is 0 Å². The maximum atomic E-state index is 13.3. The lowest BCUT2D eigenvalue weighted by atomic mass is 9.92. The summed E-state index contributed by atoms with van der Waals surface area (Å²) in [6.07, 6.45) is 1.68. The molecule has 3 rings (SSSR count). The maximum Gasteiger partial charge on any atom is 0.123 e. The summed E-state index contributed by atoms with van der Waals surface area (Å²) in [6, 6.07) is 13.2. The quantitative estimate of drug-likeness (QED) is 0.734. The highest BCUT2D eigenvalue weighted by Crippen LogP contribution is 2.34. The summed E-state index contributed by atoms with van der Waals surface area (Å²) in [5.41, 5.74) is 3.44. The molecule has 2 aromatic rings. The molecule has 0 radical (unpaired) electrons. The Labute approximate surface area is 129 Å². The molecule has 3 heteroatoms. The number of halogens is 2. The van der Waals surface area contributed by atoms with E-state index < -0.39 is 0 Å². The van der Waals surface area contributed by atoms with Crippen molar-refractivity contribution >= 4 is 11.6 Å². The molecular weight excluding hydrogens is 287 g/mol. The van der Waals surface area contributed by atoms with Crippen molar-refractivity contribution in [2.75, 3.05) is 5.88 Å². The average molecular weight is 305 g/mol. The van der Waals surface area contributed by atoms with E-state index in [1.807, 2.05) is 0 Å². The Bertz CT molecular complexity index is 641. The van der Waals surface area contributed by atoms with Crippen molar-refractivity contribution in [3.8, 4) is 5.75 Å². The fraction of sp³-hybridized carbons (Fsp3) is 0.333. The normalized spacial score (nSPS) is 18.1. The summed E-state index contributed by atoms with van der Waals surface area (Å²) in [6.45, 7) is 2.08. The summed E-state index contributed by atoms with van der Waals surface area (Å²) in [7, 11) is 0. The van der Waals surface area contributed by atoms with Crippen LogP contribution in [-0.2, 0) is 6.42 Å². The molecule has 0 fully saturated rings. The summed E-state index contributed by atoms with van der Waals surface area (Å²) < 4.78 is 19.2. The minimum atomic E-state index is -0.203. The number of rotatable bonds is 4. The molecule has 21 heavy (non-hydrogen) atoms. The second kappa shape index (κ2) is 6.07. The topological polar surface area (TPSA) is 9.23 Å². The first kappa shape index (κ1) is 14.4. The third-order valence-electron chi connectivity index (χ3n) is 4.01. The lowest BCUT2D eigenvalue weighted by molar-refractivity contribution is 0.213. The van der Waals surface area contributed by atoms with E-state index in [9.17, 15) is 4.39 Å². The average Bonchev–Trinajstić information content (AvgIpc) is 2.86. The fourth-order valence-electron chi connectivity index (χ4n) is 2.95. The van der Waals surface area contributed by atoms with Crippen LogP contribution in [0.4, 0.5) is 4.39 Å². The molecule has 0 amide bonds. The first-order chi connectivity index (χ1) is 10.2. The molecule has 0 bridgehead atoms. The summed E-state index contributed by atoms with van der Waals surface area (Å²) in [5, 5.41) is 0. The molecule has 0 aliphatic carbocycles. The van der Waals surface area contributed by atoms with Crippen LogP contribution in [0.25, 0.3) is 0 Å². The zero-order valence-electron chi connectivity index (χ0n) is 12.0. The van der Waals surface area contributed by atoms with Gasteiger partial charge in [0.15, 0.2) is 0 Å². The van der Waals surface area contributed by atoms with Crippen molar-refractivity contribution in [2.45, 2.75) is 31.8 Å². The fourth-order valence-corrected chi connectivity index (χ4v) is 3.25. The summed E-state index contributed by atoms with van der Waals surface area (Å²) in [4.78, 5) is 0. The van der Waals surface area contributed by atoms with Crippen LogP contribution < -0.4 is 4.74 Å². The maximum absolute atomic E-state index is 13.3. The Balaban J connectivity index is 1.72. The number of hydrogen-bond acceptors (Lipinski definition) is 1. The van der Waals surface area contributed by atoms with Crippen LogP contribution in [0.2, 0.25) is 0 Å². The van der Waals surface area contributed by atoms with E-state index in [2.05, 4.69) is 31.2 Å². The number of fused-ring (bicyclic) bond motifs is 1. The third-order valence-corrected chi connectivity index (χ3v) is 4.38. The van der Waals surface area contributed by atoms with E-state index in [1.54, 1.807) is 12.1 Å². The zero-order chi connectivity index (χ0) is 14.8. The molecule has 1 heterocycles. The van der Waals surface area contributed by atoms with Gasteiger partial charge in [-0.1, -0.05) is 29.8 Å². The van der Waals surface area contributed by atoms with Crippen LogP contribution in [0.5, 0.6) is 5.75 Å². The summed E-state index contributed by atoms with van der Waals surface area (Å²) >= 11 is 6.15. The van der Waals surface area contributed by atoms with Crippen LogP contribution in [0.15, 0.2) is 42.5 Å². The van der Waals surface area contributed by atoms with Gasteiger partial charge in [-0.2, -0.15) is 0 Å². The van der Waals surface area contributed by atoms with E-state index in [0.29, 0.717) is 5.88 Å². The molecule has 0 spiro atoms. The predicted molar refractivity (Wildman–Crippen MR) is 83.8 cm³/mol. The molecule has 0 N–H and O–H groups in total. The zero-order valence-corrected chi connectivity index (χ0v) is 12.7. The van der Waals surface area contributed by atoms with Crippen molar-refractivity contribution in [1.82, 2.24) is 0 Å². The first-order valence-corrected chi connectivity index (χ1v) is 7.77. The smallest absolute Gasteiger partial charge is 0.123 e. The number of hydrogen-bond donors (Lipinski definition) is 0. The molecular formula is C18H18ClFO. The molecule has 0 aromatic heterocycles. The number of alkyl halides is 1. The van der Waals surface area contributed by atoms with Gasteiger partial charge in [-0.05, 0) is 37.1 Å². The number of ether oxygens (including phenoxy) is 1. The largest absolute Gasteiger partial charge is 0.490 e. The van der Waals surface area contributed by atoms with Gasteiger partial charge in [-0.3, -0.25) is 0 Å². The van der Waals surface area contributed by atoms with Crippen molar-refractivity contribution < 1.29 is 9.13 Å². The predicted octanol–water partition coefficient (Wildman–Crippen LogP) is 4.85. The first-order valence-electron chi connectivity index (χ1n) is 7.23. The van der Waals surface area contributed by atoms with Gasteiger partial charge in [0, 0.05) is 23.8 Å². The van der Waals surface area contributed by atoms with Gasteiger partial charge in [-0.25, -0.2) is 4.39 Å². The van der Waals surface area contributed by atoms with Gasteiger partial charge in [0.2, 0.25) is 0 Å². The van der Waals surface area contributed by atoms with E-state index in [-0.39, 0.29) is 17.8 Å². The lowest BCUT2D eigenvalue weighted by Gasteiger charge is -2.19. The molecule has 1 aliphatic rings. The Hall–Kier alpha value is -1.54. The minimum absolute atomic E-state index is 0.0751. The standard InChI is InChI=1S/C18H18ClFO/c1-12-3-2-4-13(7-12)15(11-19)10-17-9-14-8-16(20)5-6-18(14)21-17/h2-8,15,17H,9-11H2,1H3. The van der Waals surface area contributed by atoms with Gasteiger partial charge in [-0.15, -0.1) is 11.6 Å². The molecule has 2 atom stereocenters. The van der Waals surface area contributed by atoms with Crippen LogP contribution in [-0.4, -0.2) is 12.0 Å². The molecule has 2 aromatic carbocycles. The highest BCUT2D eigenvalue weighted by molar-refractivity contribution is 6.18. The highest BCUT2D eigenvalue weighted by Gasteiger charge is 2.26. The van der Waals surface area contributed by atoms with E-state index in [0.717, 1.165) is 24.2 Å². The number of benzene rings is 2. The van der Waals surface area contributed by atoms with Crippen molar-refractivity contribution in [3.05, 3.63) is 65.0 Å². The monoisotopic (exact) mass is 304 g/mol. The van der Waals surface area contributed by atoms with Crippen LogP contribution in [0.1, 0.15) is 29.0 Å². The van der Waals surface area contributed by atoms with E-state index >= 15 is 0 Å². The molecule has 1 nitrogen and oxygen atoms in total.